The third-order valence-corrected chi connectivity index (χ3v) is 6.42. The predicted molar refractivity (Wildman–Crippen MR) is 142 cm³/mol. The Morgan fingerprint density at radius 3 is 2.41 bits per heavy atom. The zero-order valence-corrected chi connectivity index (χ0v) is 20.5. The number of benzene rings is 3. The summed E-state index contributed by atoms with van der Waals surface area (Å²) < 4.78 is 0. The van der Waals surface area contributed by atoms with Crippen LogP contribution in [-0.2, 0) is 22.6 Å². The second-order valence-corrected chi connectivity index (χ2v) is 8.99. The molecule has 190 valence electrons. The summed E-state index contributed by atoms with van der Waals surface area (Å²) in [6, 6.07) is 20.8. The van der Waals surface area contributed by atoms with Crippen LogP contribution in [0.2, 0.25) is 0 Å². The monoisotopic (exact) mass is 499 g/mol. The zero-order chi connectivity index (χ0) is 26.5. The first-order valence-corrected chi connectivity index (χ1v) is 11.9. The molecule has 0 bridgehead atoms. The average Bonchev–Trinajstić information content (AvgIpc) is 3.02. The Balaban J connectivity index is 1.58. The molecule has 1 aliphatic rings. The van der Waals surface area contributed by atoms with Gasteiger partial charge in [-0.05, 0) is 53.9 Å². The highest BCUT2D eigenvalue weighted by atomic mass is 16.4. The zero-order valence-electron chi connectivity index (χ0n) is 20.5. The van der Waals surface area contributed by atoms with Crippen LogP contribution in [0.25, 0.3) is 0 Å². The molecule has 2 amide bonds. The first kappa shape index (κ1) is 25.4. The summed E-state index contributed by atoms with van der Waals surface area (Å²) in [5.41, 5.74) is 9.54. The number of carbonyl (C=O) groups excluding carboxylic acids is 2. The van der Waals surface area contributed by atoms with E-state index in [2.05, 4.69) is 5.32 Å². The maximum Gasteiger partial charge on any atom is 0.305 e. The molecule has 5 N–H and O–H groups in total. The van der Waals surface area contributed by atoms with Crippen molar-refractivity contribution in [1.82, 2.24) is 4.90 Å². The summed E-state index contributed by atoms with van der Waals surface area (Å²) in [4.78, 5) is 41.2. The number of amidine groups is 1. The van der Waals surface area contributed by atoms with Crippen molar-refractivity contribution in [1.29, 1.82) is 5.41 Å². The number of nitrogens with one attached hydrogen (secondary N) is 2. The van der Waals surface area contributed by atoms with Crippen molar-refractivity contribution >= 4 is 35.0 Å². The van der Waals surface area contributed by atoms with Gasteiger partial charge in [0.25, 0.3) is 5.91 Å². The van der Waals surface area contributed by atoms with Gasteiger partial charge in [-0.1, -0.05) is 36.4 Å². The molecule has 1 heterocycles. The van der Waals surface area contributed by atoms with E-state index in [9.17, 15) is 19.5 Å². The molecule has 0 aromatic heterocycles. The van der Waals surface area contributed by atoms with Crippen LogP contribution < -0.4 is 16.0 Å². The van der Waals surface area contributed by atoms with Gasteiger partial charge < -0.3 is 26.0 Å². The van der Waals surface area contributed by atoms with Crippen LogP contribution >= 0.6 is 0 Å². The number of anilines is 2. The molecule has 0 spiro atoms. The number of nitrogens with two attached hydrogens (primary N) is 1. The number of carbonyl (C=O) groups is 3. The highest BCUT2D eigenvalue weighted by molar-refractivity contribution is 6.07. The molecule has 9 heteroatoms. The summed E-state index contributed by atoms with van der Waals surface area (Å²) in [5.74, 6) is -1.70. The summed E-state index contributed by atoms with van der Waals surface area (Å²) in [7, 11) is 1.65. The molecule has 9 nitrogen and oxygen atoms in total. The highest BCUT2D eigenvalue weighted by Crippen LogP contribution is 2.27. The van der Waals surface area contributed by atoms with Gasteiger partial charge in [0, 0.05) is 42.6 Å². The molecule has 0 unspecified atom stereocenters. The van der Waals surface area contributed by atoms with E-state index < -0.39 is 12.0 Å². The molecule has 3 aromatic carbocycles. The maximum absolute atomic E-state index is 13.3. The number of hydrogen-bond acceptors (Lipinski definition) is 5. The molecule has 1 aliphatic heterocycles. The Hall–Kier alpha value is -4.66. The van der Waals surface area contributed by atoms with Crippen molar-refractivity contribution < 1.29 is 19.5 Å². The lowest BCUT2D eigenvalue weighted by Gasteiger charge is -2.24. The number of hydrogen-bond donors (Lipinski definition) is 4. The molecule has 0 fully saturated rings. The number of carboxylic acids is 1. The molecule has 1 atom stereocenters. The number of aliphatic carboxylic acids is 1. The number of rotatable bonds is 8. The lowest BCUT2D eigenvalue weighted by Crippen LogP contribution is -2.42. The van der Waals surface area contributed by atoms with E-state index in [1.165, 1.54) is 4.90 Å². The topological polar surface area (TPSA) is 140 Å². The van der Waals surface area contributed by atoms with Crippen molar-refractivity contribution in [3.05, 3.63) is 95.1 Å². The normalized spacial score (nSPS) is 14.8. The van der Waals surface area contributed by atoms with E-state index in [1.807, 2.05) is 30.3 Å². The standard InChI is InChI=1S/C28H29N5O4/c1-32(22-11-9-19(10-12-22)26(29)30)27(36)20-7-8-21-17-33(14-13-18-5-3-2-4-6-18)28(37)24(16-25(34)35)31-23(21)15-20/h2-12,15,24,31H,13-14,16-17H2,1H3,(H3,29,30)(H,34,35)/t24-/m0/s1. The van der Waals surface area contributed by atoms with Gasteiger partial charge in [0.1, 0.15) is 11.9 Å². The molecule has 4 rings (SSSR count). The SMILES string of the molecule is CN(C(=O)c1ccc2c(c1)N[C@@H](CC(=O)O)C(=O)N(CCc1ccccc1)C2)c1ccc(C(=N)N)cc1. The molecule has 0 saturated heterocycles. The highest BCUT2D eigenvalue weighted by Gasteiger charge is 2.31. The second kappa shape index (κ2) is 10.9. The molecule has 3 aromatic rings. The third-order valence-electron chi connectivity index (χ3n) is 6.42. The minimum Gasteiger partial charge on any atom is -0.481 e. The van der Waals surface area contributed by atoms with Crippen LogP contribution in [0.15, 0.2) is 72.8 Å². The van der Waals surface area contributed by atoms with Gasteiger partial charge in [0.15, 0.2) is 0 Å². The summed E-state index contributed by atoms with van der Waals surface area (Å²) in [6.45, 7) is 0.751. The lowest BCUT2D eigenvalue weighted by molar-refractivity contribution is -0.141. The van der Waals surface area contributed by atoms with Crippen molar-refractivity contribution in [3.8, 4) is 0 Å². The minimum absolute atomic E-state index is 0.0550. The summed E-state index contributed by atoms with van der Waals surface area (Å²) >= 11 is 0. The molecule has 0 radical (unpaired) electrons. The Bertz CT molecular complexity index is 1320. The Morgan fingerprint density at radius 1 is 1.08 bits per heavy atom. The largest absolute Gasteiger partial charge is 0.481 e. The van der Waals surface area contributed by atoms with E-state index in [-0.39, 0.29) is 24.1 Å². The van der Waals surface area contributed by atoms with Gasteiger partial charge in [-0.3, -0.25) is 19.8 Å². The first-order valence-electron chi connectivity index (χ1n) is 11.9. The van der Waals surface area contributed by atoms with Crippen molar-refractivity contribution in [2.75, 3.05) is 23.8 Å². The van der Waals surface area contributed by atoms with Crippen LogP contribution in [0.1, 0.15) is 33.5 Å². The fraction of sp³-hybridized carbons (Fsp3) is 0.214. The van der Waals surface area contributed by atoms with Crippen LogP contribution in [0, 0.1) is 5.41 Å². The lowest BCUT2D eigenvalue weighted by atomic mass is 10.1. The second-order valence-electron chi connectivity index (χ2n) is 8.99. The number of amides is 2. The number of nitrogen functional groups attached to an aromatic ring is 1. The molecule has 37 heavy (non-hydrogen) atoms. The van der Waals surface area contributed by atoms with Crippen LogP contribution in [0.4, 0.5) is 11.4 Å². The summed E-state index contributed by atoms with van der Waals surface area (Å²) in [5, 5.41) is 20.0. The Kier molecular flexibility index (Phi) is 7.52. The van der Waals surface area contributed by atoms with Crippen LogP contribution in [0.5, 0.6) is 0 Å². The average molecular weight is 500 g/mol. The fourth-order valence-corrected chi connectivity index (χ4v) is 4.32. The third kappa shape index (κ3) is 5.95. The van der Waals surface area contributed by atoms with Crippen LogP contribution in [-0.4, -0.2) is 53.3 Å². The van der Waals surface area contributed by atoms with E-state index in [1.54, 1.807) is 54.4 Å². The van der Waals surface area contributed by atoms with Crippen molar-refractivity contribution in [2.24, 2.45) is 5.73 Å². The molecule has 0 saturated carbocycles. The molecule has 0 aliphatic carbocycles. The van der Waals surface area contributed by atoms with Gasteiger partial charge in [-0.25, -0.2) is 0 Å². The fourth-order valence-electron chi connectivity index (χ4n) is 4.32. The van der Waals surface area contributed by atoms with Crippen molar-refractivity contribution in [2.45, 2.75) is 25.4 Å². The van der Waals surface area contributed by atoms with Gasteiger partial charge >= 0.3 is 5.97 Å². The smallest absolute Gasteiger partial charge is 0.305 e. The van der Waals surface area contributed by atoms with Gasteiger partial charge in [0.05, 0.1) is 6.42 Å². The van der Waals surface area contributed by atoms with Crippen molar-refractivity contribution in [3.63, 3.8) is 0 Å². The van der Waals surface area contributed by atoms with E-state index in [0.717, 1.165) is 11.1 Å². The van der Waals surface area contributed by atoms with E-state index >= 15 is 0 Å². The van der Waals surface area contributed by atoms with Crippen LogP contribution in [0.3, 0.4) is 0 Å². The van der Waals surface area contributed by atoms with Gasteiger partial charge in [-0.2, -0.15) is 0 Å². The number of fused-ring (bicyclic) bond motifs is 1. The minimum atomic E-state index is -1.08. The van der Waals surface area contributed by atoms with E-state index in [0.29, 0.717) is 42.0 Å². The number of carboxylic acid groups (broad SMARTS) is 1. The maximum atomic E-state index is 13.3. The number of nitrogens with zero attached hydrogens (tertiary/aromatic N) is 2. The molecular formula is C28H29N5O4. The predicted octanol–water partition coefficient (Wildman–Crippen LogP) is 3.09. The first-order chi connectivity index (χ1) is 17.7. The van der Waals surface area contributed by atoms with Gasteiger partial charge in [-0.15, -0.1) is 0 Å². The summed E-state index contributed by atoms with van der Waals surface area (Å²) in [6.07, 6.45) is 0.270. The quantitative estimate of drug-likeness (QED) is 0.277. The molecular weight excluding hydrogens is 470 g/mol. The Labute approximate surface area is 215 Å². The Morgan fingerprint density at radius 2 is 1.76 bits per heavy atom. The van der Waals surface area contributed by atoms with E-state index in [4.69, 9.17) is 11.1 Å². The van der Waals surface area contributed by atoms with Gasteiger partial charge in [0.2, 0.25) is 5.91 Å².